The Kier molecular flexibility index (Phi) is 4.24. The highest BCUT2D eigenvalue weighted by molar-refractivity contribution is 5.94. The van der Waals surface area contributed by atoms with Crippen LogP contribution < -0.4 is 5.32 Å². The molecule has 0 radical (unpaired) electrons. The van der Waals surface area contributed by atoms with Crippen molar-refractivity contribution in [2.45, 2.75) is 31.2 Å². The number of aromatic nitrogens is 3. The number of rotatable bonds is 5. The minimum atomic E-state index is -0.298. The van der Waals surface area contributed by atoms with Crippen molar-refractivity contribution in [1.29, 1.82) is 0 Å². The quantitative estimate of drug-likeness (QED) is 0.768. The zero-order chi connectivity index (χ0) is 18.0. The van der Waals surface area contributed by atoms with Crippen molar-refractivity contribution in [2.24, 2.45) is 0 Å². The van der Waals surface area contributed by atoms with Gasteiger partial charge < -0.3 is 5.32 Å². The molecule has 1 aliphatic rings. The highest BCUT2D eigenvalue weighted by atomic mass is 19.1. The molecule has 3 aromatic rings. The summed E-state index contributed by atoms with van der Waals surface area (Å²) in [5, 5.41) is 3.15. The van der Waals surface area contributed by atoms with E-state index in [-0.39, 0.29) is 17.3 Å². The highest BCUT2D eigenvalue weighted by Gasteiger charge is 2.38. The molecule has 0 spiro atoms. The normalized spacial score (nSPS) is 15.3. The lowest BCUT2D eigenvalue weighted by molar-refractivity contribution is 0.0826. The Morgan fingerprint density at radius 3 is 2.77 bits per heavy atom. The molecule has 1 aromatic carbocycles. The first-order valence-electron chi connectivity index (χ1n) is 8.65. The number of hydrogen-bond acceptors (Lipinski definition) is 3. The van der Waals surface area contributed by atoms with Gasteiger partial charge in [-0.1, -0.05) is 12.1 Å². The van der Waals surface area contributed by atoms with Crippen LogP contribution in [0.25, 0.3) is 5.82 Å². The number of hydrogen-bond donors (Lipinski definition) is 1. The summed E-state index contributed by atoms with van der Waals surface area (Å²) in [6, 6.07) is 10.1. The van der Waals surface area contributed by atoms with Gasteiger partial charge in [0.15, 0.2) is 0 Å². The predicted octanol–water partition coefficient (Wildman–Crippen LogP) is 3.30. The lowest BCUT2D eigenvalue weighted by Gasteiger charge is -2.43. The second-order valence-electron chi connectivity index (χ2n) is 6.77. The third-order valence-corrected chi connectivity index (χ3v) is 4.90. The molecule has 1 saturated carbocycles. The highest BCUT2D eigenvalue weighted by Crippen LogP contribution is 2.35. The van der Waals surface area contributed by atoms with E-state index in [0.717, 1.165) is 24.8 Å². The number of nitrogens with one attached hydrogen (secondary N) is 1. The molecule has 6 heteroatoms. The van der Waals surface area contributed by atoms with E-state index in [0.29, 0.717) is 17.8 Å². The monoisotopic (exact) mass is 350 g/mol. The molecule has 132 valence electrons. The molecule has 0 aliphatic heterocycles. The Bertz CT molecular complexity index is 902. The van der Waals surface area contributed by atoms with Gasteiger partial charge >= 0.3 is 0 Å². The fourth-order valence-corrected chi connectivity index (χ4v) is 3.37. The third-order valence-electron chi connectivity index (χ3n) is 4.90. The number of carbonyl (C=O) groups is 1. The largest absolute Gasteiger partial charge is 0.346 e. The van der Waals surface area contributed by atoms with Crippen LogP contribution in [0.3, 0.4) is 0 Å². The first-order valence-corrected chi connectivity index (χ1v) is 8.65. The molecule has 1 amide bonds. The molecule has 1 aliphatic carbocycles. The van der Waals surface area contributed by atoms with Crippen LogP contribution in [0, 0.1) is 5.82 Å². The van der Waals surface area contributed by atoms with Gasteiger partial charge in [-0.15, -0.1) is 0 Å². The van der Waals surface area contributed by atoms with Gasteiger partial charge in [-0.05, 0) is 55.5 Å². The van der Waals surface area contributed by atoms with Crippen molar-refractivity contribution in [3.05, 3.63) is 78.3 Å². The summed E-state index contributed by atoms with van der Waals surface area (Å²) in [5.41, 5.74) is 1.12. The van der Waals surface area contributed by atoms with Crippen LogP contribution in [-0.4, -0.2) is 26.0 Å². The second-order valence-corrected chi connectivity index (χ2v) is 6.77. The molecule has 5 nitrogen and oxygen atoms in total. The van der Waals surface area contributed by atoms with Crippen molar-refractivity contribution in [3.63, 3.8) is 0 Å². The van der Waals surface area contributed by atoms with Crippen LogP contribution in [0.5, 0.6) is 0 Å². The van der Waals surface area contributed by atoms with Gasteiger partial charge in [0.2, 0.25) is 0 Å². The number of halogens is 1. The molecule has 1 fully saturated rings. The van der Waals surface area contributed by atoms with Crippen LogP contribution in [0.2, 0.25) is 0 Å². The van der Waals surface area contributed by atoms with Crippen molar-refractivity contribution in [3.8, 4) is 5.82 Å². The van der Waals surface area contributed by atoms with Gasteiger partial charge in [0.25, 0.3) is 5.91 Å². The van der Waals surface area contributed by atoms with Crippen molar-refractivity contribution >= 4 is 5.91 Å². The molecular weight excluding hydrogens is 331 g/mol. The maximum Gasteiger partial charge on any atom is 0.253 e. The number of benzene rings is 1. The zero-order valence-electron chi connectivity index (χ0n) is 14.2. The zero-order valence-corrected chi connectivity index (χ0v) is 14.2. The number of nitrogens with zero attached hydrogens (tertiary/aromatic N) is 3. The Labute approximate surface area is 150 Å². The smallest absolute Gasteiger partial charge is 0.253 e. The van der Waals surface area contributed by atoms with Gasteiger partial charge in [-0.2, -0.15) is 0 Å². The Balaban J connectivity index is 1.47. The van der Waals surface area contributed by atoms with E-state index in [4.69, 9.17) is 0 Å². The minimum absolute atomic E-state index is 0.147. The van der Waals surface area contributed by atoms with E-state index in [9.17, 15) is 9.18 Å². The molecule has 0 saturated heterocycles. The Morgan fingerprint density at radius 2 is 2.15 bits per heavy atom. The summed E-state index contributed by atoms with van der Waals surface area (Å²) in [5.74, 6) is 0.311. The molecule has 0 atom stereocenters. The standard InChI is InChI=1S/C20H19FN4O/c21-17-4-1-3-15(11-17)12-20(7-2-8-20)24-19(26)16-5-6-18(23-13-16)25-10-9-22-14-25/h1,3-6,9-11,13-14H,2,7-8,12H2,(H,24,26). The fourth-order valence-electron chi connectivity index (χ4n) is 3.37. The minimum Gasteiger partial charge on any atom is -0.346 e. The molecule has 26 heavy (non-hydrogen) atoms. The summed E-state index contributed by atoms with van der Waals surface area (Å²) in [6.45, 7) is 0. The number of imidazole rings is 1. The van der Waals surface area contributed by atoms with E-state index in [2.05, 4.69) is 15.3 Å². The Morgan fingerprint density at radius 1 is 1.27 bits per heavy atom. The molecule has 4 rings (SSSR count). The summed E-state index contributed by atoms with van der Waals surface area (Å²) in [7, 11) is 0. The first kappa shape index (κ1) is 16.4. The molecule has 0 bridgehead atoms. The van der Waals surface area contributed by atoms with Crippen molar-refractivity contribution in [2.75, 3.05) is 0 Å². The first-order chi connectivity index (χ1) is 12.6. The lowest BCUT2D eigenvalue weighted by Crippen LogP contribution is -2.55. The predicted molar refractivity (Wildman–Crippen MR) is 95.5 cm³/mol. The van der Waals surface area contributed by atoms with Gasteiger partial charge in [0.05, 0.1) is 5.56 Å². The maximum absolute atomic E-state index is 13.4. The molecule has 2 aromatic heterocycles. The summed E-state index contributed by atoms with van der Waals surface area (Å²) < 4.78 is 15.2. The molecular formula is C20H19FN4O. The average Bonchev–Trinajstić information content (AvgIpc) is 3.14. The summed E-state index contributed by atoms with van der Waals surface area (Å²) in [6.07, 6.45) is 10.2. The van der Waals surface area contributed by atoms with Crippen molar-refractivity contribution in [1.82, 2.24) is 19.9 Å². The second kappa shape index (κ2) is 6.71. The van der Waals surface area contributed by atoms with Crippen LogP contribution in [-0.2, 0) is 6.42 Å². The van der Waals surface area contributed by atoms with E-state index in [1.54, 1.807) is 47.7 Å². The lowest BCUT2D eigenvalue weighted by atomic mass is 9.72. The van der Waals surface area contributed by atoms with Crippen LogP contribution in [0.4, 0.5) is 4.39 Å². The maximum atomic E-state index is 13.4. The fraction of sp³-hybridized carbons (Fsp3) is 0.250. The molecule has 2 heterocycles. The van der Waals surface area contributed by atoms with Crippen LogP contribution in [0.15, 0.2) is 61.3 Å². The van der Waals surface area contributed by atoms with E-state index < -0.39 is 0 Å². The number of amides is 1. The molecule has 0 unspecified atom stereocenters. The van der Waals surface area contributed by atoms with Crippen LogP contribution >= 0.6 is 0 Å². The average molecular weight is 350 g/mol. The Hall–Kier alpha value is -3.02. The van der Waals surface area contributed by atoms with Gasteiger partial charge in [0, 0.05) is 24.1 Å². The summed E-state index contributed by atoms with van der Waals surface area (Å²) in [4.78, 5) is 21.0. The number of carbonyl (C=O) groups excluding carboxylic acids is 1. The number of pyridine rings is 1. The van der Waals surface area contributed by atoms with E-state index in [1.165, 1.54) is 12.1 Å². The van der Waals surface area contributed by atoms with Gasteiger partial charge in [-0.25, -0.2) is 14.4 Å². The SMILES string of the molecule is O=C(NC1(Cc2cccc(F)c2)CCC1)c1ccc(-n2ccnc2)nc1. The topological polar surface area (TPSA) is 59.8 Å². The van der Waals surface area contributed by atoms with E-state index in [1.807, 2.05) is 6.07 Å². The molecule has 1 N–H and O–H groups in total. The van der Waals surface area contributed by atoms with Crippen LogP contribution in [0.1, 0.15) is 35.2 Å². The third kappa shape index (κ3) is 3.35. The van der Waals surface area contributed by atoms with Gasteiger partial charge in [0.1, 0.15) is 18.0 Å². The van der Waals surface area contributed by atoms with Gasteiger partial charge in [-0.3, -0.25) is 9.36 Å². The summed E-state index contributed by atoms with van der Waals surface area (Å²) >= 11 is 0. The van der Waals surface area contributed by atoms with E-state index >= 15 is 0 Å². The van der Waals surface area contributed by atoms with Crippen molar-refractivity contribution < 1.29 is 9.18 Å².